The van der Waals surface area contributed by atoms with Crippen LogP contribution in [0.2, 0.25) is 0 Å². The zero-order chi connectivity index (χ0) is 13.1. The van der Waals surface area contributed by atoms with E-state index in [1.807, 2.05) is 4.90 Å². The van der Waals surface area contributed by atoms with Gasteiger partial charge in [0.15, 0.2) is 0 Å². The average molecular weight is 253 g/mol. The summed E-state index contributed by atoms with van der Waals surface area (Å²) in [7, 11) is 1.69. The Morgan fingerprint density at radius 1 is 1.50 bits per heavy atom. The molecule has 0 bridgehead atoms. The topological polar surface area (TPSA) is 32.7 Å². The molecule has 1 N–H and O–H groups in total. The number of piperidine rings is 1. The first-order valence-electron chi connectivity index (χ1n) is 6.37. The van der Waals surface area contributed by atoms with Crippen LogP contribution in [0, 0.1) is 5.82 Å². The lowest BCUT2D eigenvalue weighted by Gasteiger charge is -2.35. The molecule has 1 aliphatic heterocycles. The maximum Gasteiger partial charge on any atom is 0.146 e. The zero-order valence-corrected chi connectivity index (χ0v) is 10.9. The van der Waals surface area contributed by atoms with Crippen LogP contribution in [0.15, 0.2) is 18.2 Å². The van der Waals surface area contributed by atoms with Crippen LogP contribution in [0.4, 0.5) is 10.1 Å². The summed E-state index contributed by atoms with van der Waals surface area (Å²) in [5.74, 6) is -0.273. The predicted molar refractivity (Wildman–Crippen MR) is 69.3 cm³/mol. The fourth-order valence-electron chi connectivity index (χ4n) is 2.54. The van der Waals surface area contributed by atoms with Gasteiger partial charge in [0.25, 0.3) is 0 Å². The number of nitrogens with zero attached hydrogens (tertiary/aromatic N) is 1. The molecule has 2 atom stereocenters. The number of hydrogen-bond acceptors (Lipinski definition) is 3. The molecule has 4 heteroatoms. The van der Waals surface area contributed by atoms with Crippen LogP contribution in [0.3, 0.4) is 0 Å². The minimum absolute atomic E-state index is 0.139. The van der Waals surface area contributed by atoms with Gasteiger partial charge in [0.05, 0.1) is 17.9 Å². The van der Waals surface area contributed by atoms with E-state index in [2.05, 4.69) is 0 Å². The second-order valence-electron chi connectivity index (χ2n) is 4.80. The van der Waals surface area contributed by atoms with Crippen LogP contribution in [-0.2, 0) is 4.74 Å². The van der Waals surface area contributed by atoms with Crippen LogP contribution in [0.25, 0.3) is 0 Å². The van der Waals surface area contributed by atoms with Crippen molar-refractivity contribution in [1.29, 1.82) is 0 Å². The van der Waals surface area contributed by atoms with Crippen molar-refractivity contribution in [3.8, 4) is 0 Å². The number of rotatable bonds is 3. The molecule has 100 valence electrons. The Kier molecular flexibility index (Phi) is 4.19. The van der Waals surface area contributed by atoms with E-state index in [4.69, 9.17) is 4.74 Å². The molecule has 0 radical (unpaired) electrons. The SMILES string of the molecule is COC1CCCN(c2c(F)cccc2[C@@H](C)O)C1. The van der Waals surface area contributed by atoms with Crippen molar-refractivity contribution in [3.05, 3.63) is 29.6 Å². The van der Waals surface area contributed by atoms with E-state index in [1.54, 1.807) is 26.2 Å². The molecular formula is C14H20FNO2. The molecule has 1 aliphatic rings. The minimum atomic E-state index is -0.668. The Balaban J connectivity index is 2.31. The minimum Gasteiger partial charge on any atom is -0.389 e. The number of para-hydroxylation sites is 1. The van der Waals surface area contributed by atoms with Gasteiger partial charge in [0.1, 0.15) is 5.82 Å². The normalized spacial score (nSPS) is 22.0. The summed E-state index contributed by atoms with van der Waals surface area (Å²) in [5.41, 5.74) is 1.17. The molecule has 1 saturated heterocycles. The third kappa shape index (κ3) is 2.65. The van der Waals surface area contributed by atoms with Gasteiger partial charge in [-0.2, -0.15) is 0 Å². The molecule has 1 heterocycles. The van der Waals surface area contributed by atoms with Gasteiger partial charge in [-0.05, 0) is 25.8 Å². The Morgan fingerprint density at radius 3 is 2.94 bits per heavy atom. The summed E-state index contributed by atoms with van der Waals surface area (Å²) in [6.07, 6.45) is 1.45. The van der Waals surface area contributed by atoms with E-state index in [0.29, 0.717) is 17.8 Å². The lowest BCUT2D eigenvalue weighted by atomic mass is 10.0. The Morgan fingerprint density at radius 2 is 2.28 bits per heavy atom. The summed E-state index contributed by atoms with van der Waals surface area (Å²) < 4.78 is 19.4. The molecule has 1 unspecified atom stereocenters. The van der Waals surface area contributed by atoms with Crippen LogP contribution in [-0.4, -0.2) is 31.4 Å². The maximum absolute atomic E-state index is 14.0. The third-order valence-electron chi connectivity index (χ3n) is 3.50. The lowest BCUT2D eigenvalue weighted by Crippen LogP contribution is -2.40. The lowest BCUT2D eigenvalue weighted by molar-refractivity contribution is 0.0889. The Bertz CT molecular complexity index is 409. The number of hydrogen-bond donors (Lipinski definition) is 1. The Hall–Kier alpha value is -1.13. The molecule has 1 fully saturated rings. The monoisotopic (exact) mass is 253 g/mol. The molecule has 0 saturated carbocycles. The Labute approximate surface area is 107 Å². The van der Waals surface area contributed by atoms with E-state index >= 15 is 0 Å². The number of aliphatic hydroxyl groups excluding tert-OH is 1. The van der Waals surface area contributed by atoms with E-state index in [9.17, 15) is 9.50 Å². The first-order valence-corrected chi connectivity index (χ1v) is 6.37. The quantitative estimate of drug-likeness (QED) is 0.898. The number of anilines is 1. The standard InChI is InChI=1S/C14H20FNO2/c1-10(17)12-6-3-7-13(15)14(12)16-8-4-5-11(9-16)18-2/h3,6-7,10-11,17H,4-5,8-9H2,1-2H3/t10-,11?/m1/s1. The van der Waals surface area contributed by atoms with E-state index in [1.165, 1.54) is 6.07 Å². The van der Waals surface area contributed by atoms with E-state index in [0.717, 1.165) is 19.4 Å². The molecule has 3 nitrogen and oxygen atoms in total. The van der Waals surface area contributed by atoms with E-state index < -0.39 is 6.10 Å². The van der Waals surface area contributed by atoms with Gasteiger partial charge in [0.2, 0.25) is 0 Å². The van der Waals surface area contributed by atoms with Gasteiger partial charge >= 0.3 is 0 Å². The number of halogens is 1. The van der Waals surface area contributed by atoms with Gasteiger partial charge in [-0.1, -0.05) is 12.1 Å². The summed E-state index contributed by atoms with van der Waals surface area (Å²) >= 11 is 0. The summed E-state index contributed by atoms with van der Waals surface area (Å²) in [5, 5.41) is 9.76. The van der Waals surface area contributed by atoms with Crippen molar-refractivity contribution >= 4 is 5.69 Å². The van der Waals surface area contributed by atoms with Crippen molar-refractivity contribution in [2.24, 2.45) is 0 Å². The average Bonchev–Trinajstić information content (AvgIpc) is 2.38. The second-order valence-corrected chi connectivity index (χ2v) is 4.80. The highest BCUT2D eigenvalue weighted by atomic mass is 19.1. The summed E-state index contributed by atoms with van der Waals surface area (Å²) in [4.78, 5) is 1.98. The van der Waals surface area contributed by atoms with Crippen molar-refractivity contribution < 1.29 is 14.2 Å². The first kappa shape index (κ1) is 13.3. The number of ether oxygens (including phenoxy) is 1. The largest absolute Gasteiger partial charge is 0.389 e. The molecule has 1 aromatic carbocycles. The van der Waals surface area contributed by atoms with Crippen LogP contribution in [0.1, 0.15) is 31.4 Å². The number of aliphatic hydroxyl groups is 1. The second kappa shape index (κ2) is 5.67. The molecule has 1 aromatic rings. The highest BCUT2D eigenvalue weighted by molar-refractivity contribution is 5.56. The third-order valence-corrected chi connectivity index (χ3v) is 3.50. The molecule has 0 aliphatic carbocycles. The molecule has 0 amide bonds. The fourth-order valence-corrected chi connectivity index (χ4v) is 2.54. The molecule has 2 rings (SSSR count). The van der Waals surface area contributed by atoms with Crippen molar-refractivity contribution in [2.75, 3.05) is 25.1 Å². The van der Waals surface area contributed by atoms with Gasteiger partial charge in [-0.3, -0.25) is 0 Å². The number of benzene rings is 1. The molecule has 0 spiro atoms. The molecule has 18 heavy (non-hydrogen) atoms. The van der Waals surface area contributed by atoms with Gasteiger partial charge in [0, 0.05) is 25.8 Å². The summed E-state index contributed by atoms with van der Waals surface area (Å²) in [6.45, 7) is 3.15. The maximum atomic E-state index is 14.0. The molecular weight excluding hydrogens is 233 g/mol. The van der Waals surface area contributed by atoms with Gasteiger partial charge in [-0.25, -0.2) is 4.39 Å². The van der Waals surface area contributed by atoms with Crippen molar-refractivity contribution in [3.63, 3.8) is 0 Å². The molecule has 0 aromatic heterocycles. The first-order chi connectivity index (χ1) is 8.63. The van der Waals surface area contributed by atoms with Gasteiger partial charge in [-0.15, -0.1) is 0 Å². The van der Waals surface area contributed by atoms with Crippen molar-refractivity contribution in [1.82, 2.24) is 0 Å². The van der Waals surface area contributed by atoms with Crippen LogP contribution < -0.4 is 4.90 Å². The number of methoxy groups -OCH3 is 1. The van der Waals surface area contributed by atoms with E-state index in [-0.39, 0.29) is 11.9 Å². The summed E-state index contributed by atoms with van der Waals surface area (Å²) in [6, 6.07) is 4.86. The highest BCUT2D eigenvalue weighted by Crippen LogP contribution is 2.31. The van der Waals surface area contributed by atoms with Crippen molar-refractivity contribution in [2.45, 2.75) is 32.0 Å². The van der Waals surface area contributed by atoms with Crippen LogP contribution >= 0.6 is 0 Å². The fraction of sp³-hybridized carbons (Fsp3) is 0.571. The predicted octanol–water partition coefficient (Wildman–Crippen LogP) is 2.49. The highest BCUT2D eigenvalue weighted by Gasteiger charge is 2.24. The van der Waals surface area contributed by atoms with Crippen LogP contribution in [0.5, 0.6) is 0 Å². The zero-order valence-electron chi connectivity index (χ0n) is 10.9. The van der Waals surface area contributed by atoms with Gasteiger partial charge < -0.3 is 14.7 Å². The smallest absolute Gasteiger partial charge is 0.146 e.